The molecule has 0 bridgehead atoms. The highest BCUT2D eigenvalue weighted by Crippen LogP contribution is 2.16. The van der Waals surface area contributed by atoms with Crippen LogP contribution in [0.2, 0.25) is 0 Å². The number of hydrogen-bond acceptors (Lipinski definition) is 5. The molecule has 2 rings (SSSR count). The molecule has 2 amide bonds. The topological polar surface area (TPSA) is 71.5 Å². The van der Waals surface area contributed by atoms with Gasteiger partial charge in [-0.05, 0) is 19.8 Å². The van der Waals surface area contributed by atoms with Crippen LogP contribution in [0.5, 0.6) is 0 Å². The third kappa shape index (κ3) is 4.78. The van der Waals surface area contributed by atoms with Gasteiger partial charge in [0, 0.05) is 24.4 Å². The van der Waals surface area contributed by atoms with Crippen LogP contribution in [0.15, 0.2) is 5.38 Å². The van der Waals surface area contributed by atoms with Crippen molar-refractivity contribution in [1.82, 2.24) is 9.88 Å². The number of carbonyl (C=O) groups excluding carboxylic acids is 2. The molecule has 0 spiro atoms. The lowest BCUT2D eigenvalue weighted by molar-refractivity contribution is -0.139. The molecule has 1 aromatic heterocycles. The van der Waals surface area contributed by atoms with Crippen molar-refractivity contribution in [3.05, 3.63) is 11.1 Å². The normalized spacial score (nSPS) is 17.7. The van der Waals surface area contributed by atoms with E-state index in [2.05, 4.69) is 10.3 Å². The monoisotopic (exact) mass is 325 g/mol. The molecule has 0 saturated carbocycles. The third-order valence-corrected chi connectivity index (χ3v) is 4.33. The van der Waals surface area contributed by atoms with Gasteiger partial charge in [0.2, 0.25) is 11.8 Å². The van der Waals surface area contributed by atoms with Gasteiger partial charge in [-0.1, -0.05) is 13.8 Å². The SMILES string of the molecule is Cc1csc(NC(=O)CN(CC2CCCO2)C(=O)C(C)C)n1. The van der Waals surface area contributed by atoms with E-state index in [0.29, 0.717) is 11.7 Å². The van der Waals surface area contributed by atoms with Crippen LogP contribution in [0.4, 0.5) is 5.13 Å². The van der Waals surface area contributed by atoms with E-state index in [9.17, 15) is 9.59 Å². The number of anilines is 1. The highest BCUT2D eigenvalue weighted by atomic mass is 32.1. The van der Waals surface area contributed by atoms with Gasteiger partial charge in [-0.3, -0.25) is 9.59 Å². The molecule has 1 aliphatic heterocycles. The first kappa shape index (κ1) is 16.9. The van der Waals surface area contributed by atoms with Gasteiger partial charge in [0.05, 0.1) is 11.8 Å². The van der Waals surface area contributed by atoms with Crippen LogP contribution >= 0.6 is 11.3 Å². The van der Waals surface area contributed by atoms with Crippen LogP contribution in [0, 0.1) is 12.8 Å². The lowest BCUT2D eigenvalue weighted by atomic mass is 10.1. The summed E-state index contributed by atoms with van der Waals surface area (Å²) in [6.07, 6.45) is 1.99. The first-order valence-corrected chi connectivity index (χ1v) is 8.46. The molecule has 1 atom stereocenters. The van der Waals surface area contributed by atoms with Crippen molar-refractivity contribution in [2.24, 2.45) is 5.92 Å². The molecule has 2 heterocycles. The number of aryl methyl sites for hydroxylation is 1. The number of rotatable bonds is 6. The second-order valence-corrected chi connectivity index (χ2v) is 6.71. The summed E-state index contributed by atoms with van der Waals surface area (Å²) in [5.74, 6) is -0.390. The fourth-order valence-corrected chi connectivity index (χ4v) is 3.08. The lowest BCUT2D eigenvalue weighted by Gasteiger charge is -2.26. The van der Waals surface area contributed by atoms with Gasteiger partial charge < -0.3 is 15.0 Å². The third-order valence-electron chi connectivity index (χ3n) is 3.45. The minimum Gasteiger partial charge on any atom is -0.376 e. The summed E-state index contributed by atoms with van der Waals surface area (Å²) in [6, 6.07) is 0. The van der Waals surface area contributed by atoms with E-state index in [0.717, 1.165) is 25.1 Å². The van der Waals surface area contributed by atoms with Gasteiger partial charge in [0.25, 0.3) is 0 Å². The molecule has 1 aromatic rings. The Morgan fingerprint density at radius 3 is 2.86 bits per heavy atom. The van der Waals surface area contributed by atoms with Gasteiger partial charge >= 0.3 is 0 Å². The Kier molecular flexibility index (Phi) is 5.90. The molecule has 0 aromatic carbocycles. The number of ether oxygens (including phenoxy) is 1. The number of thiazole rings is 1. The lowest BCUT2D eigenvalue weighted by Crippen LogP contribution is -2.44. The van der Waals surface area contributed by atoms with Crippen LogP contribution in [0.25, 0.3) is 0 Å². The van der Waals surface area contributed by atoms with Gasteiger partial charge in [-0.2, -0.15) is 0 Å². The van der Waals surface area contributed by atoms with E-state index in [1.165, 1.54) is 11.3 Å². The fraction of sp³-hybridized carbons (Fsp3) is 0.667. The molecular formula is C15H23N3O3S. The minimum absolute atomic E-state index is 0.0269. The summed E-state index contributed by atoms with van der Waals surface area (Å²) < 4.78 is 5.58. The number of hydrogen-bond donors (Lipinski definition) is 1. The maximum atomic E-state index is 12.3. The summed E-state index contributed by atoms with van der Waals surface area (Å²) in [4.78, 5) is 30.2. The van der Waals surface area contributed by atoms with E-state index in [1.807, 2.05) is 26.2 Å². The summed E-state index contributed by atoms with van der Waals surface area (Å²) in [5, 5.41) is 5.19. The first-order chi connectivity index (χ1) is 10.5. The van der Waals surface area contributed by atoms with Crippen molar-refractivity contribution in [3.8, 4) is 0 Å². The molecule has 6 nitrogen and oxygen atoms in total. The highest BCUT2D eigenvalue weighted by Gasteiger charge is 2.25. The zero-order valence-corrected chi connectivity index (χ0v) is 14.1. The predicted molar refractivity (Wildman–Crippen MR) is 85.9 cm³/mol. The Bertz CT molecular complexity index is 524. The number of aromatic nitrogens is 1. The second-order valence-electron chi connectivity index (χ2n) is 5.85. The zero-order chi connectivity index (χ0) is 16.1. The van der Waals surface area contributed by atoms with Gasteiger partial charge in [0.1, 0.15) is 6.54 Å². The van der Waals surface area contributed by atoms with Crippen molar-refractivity contribution in [2.75, 3.05) is 25.0 Å². The molecule has 22 heavy (non-hydrogen) atoms. The Labute approximate surface area is 134 Å². The summed E-state index contributed by atoms with van der Waals surface area (Å²) in [7, 11) is 0. The standard InChI is InChI=1S/C15H23N3O3S/c1-10(2)14(20)18(7-12-5-4-6-21-12)8-13(19)17-15-16-11(3)9-22-15/h9-10,12H,4-8H2,1-3H3,(H,16,17,19). The Morgan fingerprint density at radius 1 is 1.55 bits per heavy atom. The quantitative estimate of drug-likeness (QED) is 0.869. The molecule has 122 valence electrons. The molecule has 1 fully saturated rings. The molecule has 0 aliphatic carbocycles. The van der Waals surface area contributed by atoms with Crippen molar-refractivity contribution in [2.45, 2.75) is 39.7 Å². The van der Waals surface area contributed by atoms with Crippen LogP contribution < -0.4 is 5.32 Å². The summed E-state index contributed by atoms with van der Waals surface area (Å²) in [6.45, 7) is 6.80. The summed E-state index contributed by atoms with van der Waals surface area (Å²) in [5.41, 5.74) is 0.870. The van der Waals surface area contributed by atoms with Crippen LogP contribution in [0.1, 0.15) is 32.4 Å². The van der Waals surface area contributed by atoms with Crippen molar-refractivity contribution < 1.29 is 14.3 Å². The number of amides is 2. The Hall–Kier alpha value is -1.47. The smallest absolute Gasteiger partial charge is 0.245 e. The molecule has 7 heteroatoms. The molecule has 1 aliphatic rings. The second kappa shape index (κ2) is 7.69. The van der Waals surface area contributed by atoms with Gasteiger partial charge in [-0.15, -0.1) is 11.3 Å². The first-order valence-electron chi connectivity index (χ1n) is 7.58. The van der Waals surface area contributed by atoms with Crippen molar-refractivity contribution in [3.63, 3.8) is 0 Å². The van der Waals surface area contributed by atoms with E-state index >= 15 is 0 Å². The van der Waals surface area contributed by atoms with Gasteiger partial charge in [-0.25, -0.2) is 4.98 Å². The molecular weight excluding hydrogens is 302 g/mol. The van der Waals surface area contributed by atoms with Crippen molar-refractivity contribution >= 4 is 28.3 Å². The van der Waals surface area contributed by atoms with Gasteiger partial charge in [0.15, 0.2) is 5.13 Å². The number of carbonyl (C=O) groups is 2. The maximum Gasteiger partial charge on any atom is 0.245 e. The number of nitrogens with one attached hydrogen (secondary N) is 1. The van der Waals surface area contributed by atoms with E-state index in [1.54, 1.807) is 4.90 Å². The zero-order valence-electron chi connectivity index (χ0n) is 13.3. The van der Waals surface area contributed by atoms with Crippen molar-refractivity contribution in [1.29, 1.82) is 0 Å². The Balaban J connectivity index is 1.95. The summed E-state index contributed by atoms with van der Waals surface area (Å²) >= 11 is 1.38. The van der Waals surface area contributed by atoms with E-state index < -0.39 is 0 Å². The maximum absolute atomic E-state index is 12.3. The molecule has 0 radical (unpaired) electrons. The average Bonchev–Trinajstić information content (AvgIpc) is 3.09. The van der Waals surface area contributed by atoms with E-state index in [4.69, 9.17) is 4.74 Å². The van der Waals surface area contributed by atoms with Crippen LogP contribution in [-0.2, 0) is 14.3 Å². The Morgan fingerprint density at radius 2 is 2.32 bits per heavy atom. The van der Waals surface area contributed by atoms with E-state index in [-0.39, 0.29) is 30.4 Å². The average molecular weight is 325 g/mol. The largest absolute Gasteiger partial charge is 0.376 e. The van der Waals surface area contributed by atoms with Crippen LogP contribution in [-0.4, -0.2) is 47.5 Å². The predicted octanol–water partition coefficient (Wildman–Crippen LogP) is 2.05. The fourth-order valence-electron chi connectivity index (χ4n) is 2.38. The number of nitrogens with zero attached hydrogens (tertiary/aromatic N) is 2. The molecule has 1 N–H and O–H groups in total. The molecule has 1 unspecified atom stereocenters. The minimum atomic E-state index is -0.221. The molecule has 1 saturated heterocycles. The highest BCUT2D eigenvalue weighted by molar-refractivity contribution is 7.13. The van der Waals surface area contributed by atoms with Crippen LogP contribution in [0.3, 0.4) is 0 Å².